The van der Waals surface area contributed by atoms with Crippen molar-refractivity contribution in [1.82, 2.24) is 10.3 Å². The van der Waals surface area contributed by atoms with Gasteiger partial charge in [0.25, 0.3) is 0 Å². The number of nitrogens with one attached hydrogen (secondary N) is 1. The lowest BCUT2D eigenvalue weighted by atomic mass is 9.85. The average molecular weight is 576 g/mol. The van der Waals surface area contributed by atoms with Crippen LogP contribution in [0.15, 0.2) is 35.5 Å². The molecule has 2 atom stereocenters. The summed E-state index contributed by atoms with van der Waals surface area (Å²) in [5.74, 6) is 0.270. The van der Waals surface area contributed by atoms with Crippen LogP contribution in [0.4, 0.5) is 4.79 Å². The molecule has 0 fully saturated rings. The number of aromatic nitrogens is 1. The van der Waals surface area contributed by atoms with Crippen molar-refractivity contribution >= 4 is 39.2 Å². The number of ketones is 1. The van der Waals surface area contributed by atoms with Crippen LogP contribution in [0.2, 0.25) is 5.02 Å². The molecule has 1 aromatic carbocycles. The van der Waals surface area contributed by atoms with Gasteiger partial charge in [0.05, 0.1) is 16.9 Å². The third-order valence-electron chi connectivity index (χ3n) is 7.15. The second-order valence-corrected chi connectivity index (χ2v) is 14.8. The zero-order valence-corrected chi connectivity index (χ0v) is 24.8. The Morgan fingerprint density at radius 2 is 1.90 bits per heavy atom. The molecule has 11 heteroatoms. The number of ether oxygens (including phenoxy) is 2. The van der Waals surface area contributed by atoms with Crippen LogP contribution in [-0.2, 0) is 26.5 Å². The second-order valence-electron chi connectivity index (χ2n) is 11.7. The number of carbonyl (C=O) groups is 2. The molecule has 0 bridgehead atoms. The molecule has 2 aromatic rings. The van der Waals surface area contributed by atoms with Crippen LogP contribution in [0.3, 0.4) is 0 Å². The van der Waals surface area contributed by atoms with Crippen molar-refractivity contribution in [1.29, 1.82) is 0 Å². The largest absolute Gasteiger partial charge is 0.493 e. The second kappa shape index (κ2) is 9.89. The Balaban J connectivity index is 1.79. The molecular weight excluding hydrogens is 542 g/mol. The van der Waals surface area contributed by atoms with Gasteiger partial charge in [0.1, 0.15) is 33.2 Å². The number of fused-ring (bicyclic) bond motifs is 3. The molecule has 210 valence electrons. The molecule has 0 radical (unpaired) electrons. The van der Waals surface area contributed by atoms with Crippen LogP contribution >= 0.6 is 11.6 Å². The summed E-state index contributed by atoms with van der Waals surface area (Å²) >= 11 is 5.99. The number of alkyl carbamates (subject to hydrolysis) is 1. The number of rotatable bonds is 3. The van der Waals surface area contributed by atoms with E-state index in [2.05, 4.69) is 10.3 Å². The van der Waals surface area contributed by atoms with Crippen molar-refractivity contribution in [3.05, 3.63) is 57.9 Å². The van der Waals surface area contributed by atoms with Crippen molar-refractivity contribution in [3.8, 4) is 5.75 Å². The van der Waals surface area contributed by atoms with Crippen molar-refractivity contribution in [2.24, 2.45) is 4.99 Å². The average Bonchev–Trinajstić information content (AvgIpc) is 2.93. The highest BCUT2D eigenvalue weighted by Gasteiger charge is 2.58. The first-order valence-corrected chi connectivity index (χ1v) is 14.6. The van der Waals surface area contributed by atoms with Gasteiger partial charge in [0.15, 0.2) is 15.6 Å². The number of Topliss-reactive ketones (excluding diaryl/α,β-unsaturated/α-hetero) is 1. The number of halogens is 1. The van der Waals surface area contributed by atoms with E-state index in [1.165, 1.54) is 20.0 Å². The molecule has 0 saturated carbocycles. The molecule has 4 rings (SSSR count). The van der Waals surface area contributed by atoms with Crippen molar-refractivity contribution < 1.29 is 27.5 Å². The van der Waals surface area contributed by atoms with Gasteiger partial charge < -0.3 is 9.47 Å². The van der Waals surface area contributed by atoms with Crippen LogP contribution in [0, 0.1) is 6.92 Å². The van der Waals surface area contributed by atoms with Crippen LogP contribution in [0.25, 0.3) is 0 Å². The number of hydrogen-bond acceptors (Lipinski definition) is 8. The van der Waals surface area contributed by atoms with Gasteiger partial charge >= 0.3 is 6.09 Å². The highest BCUT2D eigenvalue weighted by atomic mass is 35.5. The maximum absolute atomic E-state index is 14.0. The first-order chi connectivity index (χ1) is 18.0. The van der Waals surface area contributed by atoms with E-state index < -0.39 is 37.1 Å². The Morgan fingerprint density at radius 1 is 1.21 bits per heavy atom. The number of amidine groups is 1. The summed E-state index contributed by atoms with van der Waals surface area (Å²) in [5.41, 5.74) is 0.0891. The van der Waals surface area contributed by atoms with E-state index in [0.29, 0.717) is 33.2 Å². The van der Waals surface area contributed by atoms with Crippen LogP contribution < -0.4 is 10.1 Å². The number of sulfone groups is 1. The summed E-state index contributed by atoms with van der Waals surface area (Å²) < 4.78 is 37.9. The van der Waals surface area contributed by atoms with E-state index in [1.807, 2.05) is 0 Å². The molecule has 0 aliphatic carbocycles. The number of aryl methyl sites for hydroxylation is 1. The highest BCUT2D eigenvalue weighted by molar-refractivity contribution is 7.94. The first-order valence-electron chi connectivity index (χ1n) is 12.7. The lowest BCUT2D eigenvalue weighted by Crippen LogP contribution is -2.61. The Morgan fingerprint density at radius 3 is 2.54 bits per heavy atom. The van der Waals surface area contributed by atoms with Gasteiger partial charge in [0, 0.05) is 24.6 Å². The summed E-state index contributed by atoms with van der Waals surface area (Å²) in [4.78, 5) is 34.9. The van der Waals surface area contributed by atoms with Crippen molar-refractivity contribution in [3.63, 3.8) is 0 Å². The van der Waals surface area contributed by atoms with Gasteiger partial charge in [-0.25, -0.2) is 13.2 Å². The van der Waals surface area contributed by atoms with E-state index in [9.17, 15) is 18.0 Å². The molecular formula is C28H34ClN3O6S. The Bertz CT molecular complexity index is 1480. The standard InChI is InChI=1S/C28H34ClN3O6S/c1-16-12-18(29)15-30-23(16)20(33)14-17-8-9-21-19(13-17)28(7)22(10-11-37-21)39(35,36)27(5,6)24(32-28)31-25(34)38-26(2,3)4/h8-9,12-13,15,22H,10-11,14H2,1-7H3,(H,31,32,34)/t22-,28-/m1/s1. The first kappa shape index (κ1) is 29.0. The minimum absolute atomic E-state index is 0.00850. The monoisotopic (exact) mass is 575 g/mol. The molecule has 1 N–H and O–H groups in total. The Labute approximate surface area is 234 Å². The maximum Gasteiger partial charge on any atom is 0.413 e. The molecule has 1 amide bonds. The van der Waals surface area contributed by atoms with Crippen molar-refractivity contribution in [2.75, 3.05) is 6.61 Å². The number of aliphatic imine (C=N–C) groups is 1. The van der Waals surface area contributed by atoms with Crippen LogP contribution in [0.5, 0.6) is 5.75 Å². The molecule has 0 unspecified atom stereocenters. The van der Waals surface area contributed by atoms with E-state index in [1.54, 1.807) is 58.9 Å². The summed E-state index contributed by atoms with van der Waals surface area (Å²) in [6, 6.07) is 6.95. The SMILES string of the molecule is Cc1cc(Cl)cnc1C(=O)Cc1ccc2c(c1)[C@@]1(C)N=C(NC(=O)OC(C)(C)C)C(C)(C)S(=O)(=O)[C@@H]1CCO2. The minimum atomic E-state index is -3.88. The number of carbonyl (C=O) groups excluding carboxylic acids is 2. The molecule has 3 heterocycles. The molecule has 0 spiro atoms. The topological polar surface area (TPSA) is 124 Å². The summed E-state index contributed by atoms with van der Waals surface area (Å²) in [6.45, 7) is 11.9. The molecule has 2 aliphatic heterocycles. The fourth-order valence-electron chi connectivity index (χ4n) is 5.07. The van der Waals surface area contributed by atoms with Crippen LogP contribution in [0.1, 0.15) is 75.1 Å². The predicted octanol–water partition coefficient (Wildman–Crippen LogP) is 4.97. The molecule has 9 nitrogen and oxygen atoms in total. The quantitative estimate of drug-likeness (QED) is 0.513. The zero-order valence-electron chi connectivity index (χ0n) is 23.2. The summed E-state index contributed by atoms with van der Waals surface area (Å²) in [6.07, 6.45) is 0.888. The summed E-state index contributed by atoms with van der Waals surface area (Å²) in [7, 11) is -3.88. The normalized spacial score (nSPS) is 23.3. The van der Waals surface area contributed by atoms with Gasteiger partial charge in [0.2, 0.25) is 0 Å². The molecule has 39 heavy (non-hydrogen) atoms. The maximum atomic E-state index is 14.0. The van der Waals surface area contributed by atoms with Crippen molar-refractivity contribution in [2.45, 2.75) is 82.4 Å². The molecule has 0 saturated heterocycles. The van der Waals surface area contributed by atoms with Gasteiger partial charge in [-0.3, -0.25) is 20.1 Å². The van der Waals surface area contributed by atoms with Gasteiger partial charge in [-0.2, -0.15) is 0 Å². The number of pyridine rings is 1. The fourth-order valence-corrected chi connectivity index (χ4v) is 7.55. The number of nitrogens with zero attached hydrogens (tertiary/aromatic N) is 2. The predicted molar refractivity (Wildman–Crippen MR) is 150 cm³/mol. The van der Waals surface area contributed by atoms with E-state index in [4.69, 9.17) is 26.1 Å². The lowest BCUT2D eigenvalue weighted by molar-refractivity contribution is 0.0560. The van der Waals surface area contributed by atoms with Gasteiger partial charge in [-0.15, -0.1) is 0 Å². The number of amides is 1. The fraction of sp³-hybridized carbons (Fsp3) is 0.500. The lowest BCUT2D eigenvalue weighted by Gasteiger charge is -2.44. The number of benzene rings is 1. The van der Waals surface area contributed by atoms with Gasteiger partial charge in [-0.05, 0) is 77.8 Å². The zero-order chi connectivity index (χ0) is 29.0. The van der Waals surface area contributed by atoms with Crippen LogP contribution in [-0.4, -0.2) is 53.3 Å². The molecule has 1 aromatic heterocycles. The molecule has 2 aliphatic rings. The Kier molecular flexibility index (Phi) is 7.36. The minimum Gasteiger partial charge on any atom is -0.493 e. The van der Waals surface area contributed by atoms with E-state index in [0.717, 1.165) is 0 Å². The summed E-state index contributed by atoms with van der Waals surface area (Å²) in [5, 5.41) is 2.13. The van der Waals surface area contributed by atoms with E-state index in [-0.39, 0.29) is 31.1 Å². The third kappa shape index (κ3) is 5.41. The highest BCUT2D eigenvalue weighted by Crippen LogP contribution is 2.48. The van der Waals surface area contributed by atoms with E-state index >= 15 is 0 Å². The Hall–Kier alpha value is -2.98. The van der Waals surface area contributed by atoms with Gasteiger partial charge in [-0.1, -0.05) is 17.7 Å². The third-order valence-corrected chi connectivity index (χ3v) is 10.4. The smallest absolute Gasteiger partial charge is 0.413 e. The number of hydrogen-bond donors (Lipinski definition) is 1.